The van der Waals surface area contributed by atoms with Gasteiger partial charge in [-0.25, -0.2) is 0 Å². The summed E-state index contributed by atoms with van der Waals surface area (Å²) in [4.78, 5) is 13.7. The first-order valence-electron chi connectivity index (χ1n) is 5.80. The Morgan fingerprint density at radius 2 is 2.00 bits per heavy atom. The van der Waals surface area contributed by atoms with Gasteiger partial charge in [-0.05, 0) is 18.6 Å². The van der Waals surface area contributed by atoms with Crippen LogP contribution < -0.4 is 5.32 Å². The highest BCUT2D eigenvalue weighted by Gasteiger charge is 2.22. The molecule has 4 nitrogen and oxygen atoms in total. The number of carbonyl (C=O) groups is 1. The van der Waals surface area contributed by atoms with Gasteiger partial charge in [0.05, 0.1) is 33.4 Å². The van der Waals surface area contributed by atoms with E-state index >= 15 is 0 Å². The lowest BCUT2D eigenvalue weighted by atomic mass is 10.3. The van der Waals surface area contributed by atoms with Crippen molar-refractivity contribution in [3.63, 3.8) is 0 Å². The summed E-state index contributed by atoms with van der Waals surface area (Å²) in [5.41, 5.74) is 0.431. The lowest BCUT2D eigenvalue weighted by molar-refractivity contribution is -0.117. The van der Waals surface area contributed by atoms with E-state index < -0.39 is 0 Å². The van der Waals surface area contributed by atoms with Gasteiger partial charge in [-0.2, -0.15) is 0 Å². The normalized spacial score (nSPS) is 19.7. The summed E-state index contributed by atoms with van der Waals surface area (Å²) in [7, 11) is 0. The number of likely N-dealkylation sites (tertiary alicyclic amines) is 1. The van der Waals surface area contributed by atoms with Crippen LogP contribution in [0.25, 0.3) is 0 Å². The Balaban J connectivity index is 1.97. The Kier molecular flexibility index (Phi) is 4.92. The number of nitrogens with one attached hydrogen (secondary N) is 1. The number of amides is 1. The van der Waals surface area contributed by atoms with Gasteiger partial charge in [0.1, 0.15) is 0 Å². The summed E-state index contributed by atoms with van der Waals surface area (Å²) in [6.45, 7) is 1.44. The molecule has 19 heavy (non-hydrogen) atoms. The molecule has 1 aliphatic heterocycles. The average Bonchev–Trinajstić information content (AvgIpc) is 2.71. The fraction of sp³-hybridized carbons (Fsp3) is 0.417. The molecule has 0 aliphatic carbocycles. The predicted octanol–water partition coefficient (Wildman–Crippen LogP) is 2.65. The van der Waals surface area contributed by atoms with Crippen molar-refractivity contribution in [2.45, 2.75) is 12.5 Å². The van der Waals surface area contributed by atoms with E-state index in [2.05, 4.69) is 5.32 Å². The van der Waals surface area contributed by atoms with E-state index in [0.717, 1.165) is 0 Å². The van der Waals surface area contributed by atoms with Crippen molar-refractivity contribution in [1.82, 2.24) is 4.90 Å². The number of aliphatic hydroxyl groups excluding tert-OH is 1. The van der Waals surface area contributed by atoms with E-state index in [1.54, 1.807) is 0 Å². The van der Waals surface area contributed by atoms with Crippen molar-refractivity contribution in [2.24, 2.45) is 0 Å². The van der Waals surface area contributed by atoms with Gasteiger partial charge >= 0.3 is 0 Å². The quantitative estimate of drug-likeness (QED) is 0.841. The smallest absolute Gasteiger partial charge is 0.238 e. The van der Waals surface area contributed by atoms with E-state index in [1.165, 1.54) is 12.1 Å². The minimum Gasteiger partial charge on any atom is -0.392 e. The van der Waals surface area contributed by atoms with E-state index in [9.17, 15) is 9.90 Å². The molecule has 1 fully saturated rings. The highest BCUT2D eigenvalue weighted by atomic mass is 35.5. The Bertz CT molecular complexity index is 496. The molecule has 1 saturated heterocycles. The van der Waals surface area contributed by atoms with Crippen molar-refractivity contribution < 1.29 is 9.90 Å². The molecule has 2 N–H and O–H groups in total. The van der Waals surface area contributed by atoms with Crippen molar-refractivity contribution in [3.8, 4) is 0 Å². The van der Waals surface area contributed by atoms with Gasteiger partial charge in [0.2, 0.25) is 5.91 Å². The predicted molar refractivity (Wildman–Crippen MR) is 77.2 cm³/mol. The number of anilines is 1. The molecule has 0 radical (unpaired) electrons. The van der Waals surface area contributed by atoms with Gasteiger partial charge in [-0.15, -0.1) is 0 Å². The second-order valence-electron chi connectivity index (χ2n) is 4.47. The third-order valence-electron chi connectivity index (χ3n) is 2.90. The Labute approximate surface area is 126 Å². The monoisotopic (exact) mass is 322 g/mol. The topological polar surface area (TPSA) is 52.6 Å². The van der Waals surface area contributed by atoms with E-state index in [0.29, 0.717) is 40.3 Å². The number of aliphatic hydroxyl groups is 1. The lowest BCUT2D eigenvalue weighted by Crippen LogP contribution is -2.32. The van der Waals surface area contributed by atoms with Crippen molar-refractivity contribution >= 4 is 46.4 Å². The number of benzene rings is 1. The number of rotatable bonds is 3. The van der Waals surface area contributed by atoms with Crippen LogP contribution in [0.5, 0.6) is 0 Å². The van der Waals surface area contributed by atoms with Gasteiger partial charge < -0.3 is 10.4 Å². The lowest BCUT2D eigenvalue weighted by Gasteiger charge is -2.15. The van der Waals surface area contributed by atoms with E-state index in [4.69, 9.17) is 34.8 Å². The molecule has 0 saturated carbocycles. The van der Waals surface area contributed by atoms with Crippen LogP contribution in [-0.4, -0.2) is 41.7 Å². The minimum absolute atomic E-state index is 0.200. The molecule has 7 heteroatoms. The average molecular weight is 324 g/mol. The molecule has 0 bridgehead atoms. The second-order valence-corrected chi connectivity index (χ2v) is 5.69. The standard InChI is InChI=1S/C12H13Cl3N2O2/c13-8-3-10(15)11(4-9(8)14)16-12(19)6-17-2-1-7(18)5-17/h3-4,7,18H,1-2,5-6H2,(H,16,19). The number of halogens is 3. The Hall–Kier alpha value is -0.520. The molecule has 1 heterocycles. The first-order valence-corrected chi connectivity index (χ1v) is 6.94. The van der Waals surface area contributed by atoms with Gasteiger partial charge in [-0.1, -0.05) is 34.8 Å². The molecule has 0 spiro atoms. The van der Waals surface area contributed by atoms with Crippen LogP contribution in [0.2, 0.25) is 15.1 Å². The van der Waals surface area contributed by atoms with E-state index in [-0.39, 0.29) is 18.6 Å². The number of β-amino-alcohol motifs (C(OH)–C–C–N with tert-alkyl or cyclic N) is 1. The summed E-state index contributed by atoms with van der Waals surface area (Å²) >= 11 is 17.7. The molecule has 2 rings (SSSR count). The molecule has 1 amide bonds. The first kappa shape index (κ1) is 14.9. The highest BCUT2D eigenvalue weighted by Crippen LogP contribution is 2.32. The summed E-state index contributed by atoms with van der Waals surface area (Å²) < 4.78 is 0. The number of hydrogen-bond acceptors (Lipinski definition) is 3. The third-order valence-corrected chi connectivity index (χ3v) is 3.93. The summed E-state index contributed by atoms with van der Waals surface area (Å²) in [6, 6.07) is 3.00. The van der Waals surface area contributed by atoms with Crippen LogP contribution in [0.15, 0.2) is 12.1 Å². The Morgan fingerprint density at radius 3 is 2.63 bits per heavy atom. The van der Waals surface area contributed by atoms with Gasteiger partial charge in [0, 0.05) is 13.1 Å². The summed E-state index contributed by atoms with van der Waals surface area (Å²) in [6.07, 6.45) is 0.349. The zero-order valence-corrected chi connectivity index (χ0v) is 12.3. The molecular weight excluding hydrogens is 311 g/mol. The fourth-order valence-electron chi connectivity index (χ4n) is 1.97. The number of hydrogen-bond donors (Lipinski definition) is 2. The second kappa shape index (κ2) is 6.29. The summed E-state index contributed by atoms with van der Waals surface area (Å²) in [5.74, 6) is -0.200. The molecule has 1 aliphatic rings. The van der Waals surface area contributed by atoms with Gasteiger partial charge in [0.25, 0.3) is 0 Å². The highest BCUT2D eigenvalue weighted by molar-refractivity contribution is 6.44. The van der Waals surface area contributed by atoms with Crippen LogP contribution >= 0.6 is 34.8 Å². The van der Waals surface area contributed by atoms with Crippen molar-refractivity contribution in [1.29, 1.82) is 0 Å². The van der Waals surface area contributed by atoms with Crippen molar-refractivity contribution in [2.75, 3.05) is 25.0 Å². The molecule has 0 aromatic heterocycles. The molecule has 1 unspecified atom stereocenters. The maximum Gasteiger partial charge on any atom is 0.238 e. The number of nitrogens with zero attached hydrogens (tertiary/aromatic N) is 1. The van der Waals surface area contributed by atoms with Crippen LogP contribution in [0, 0.1) is 0 Å². The van der Waals surface area contributed by atoms with Crippen LogP contribution in [0.4, 0.5) is 5.69 Å². The molecule has 1 atom stereocenters. The van der Waals surface area contributed by atoms with Crippen LogP contribution in [0.3, 0.4) is 0 Å². The van der Waals surface area contributed by atoms with Gasteiger partial charge in [-0.3, -0.25) is 9.69 Å². The largest absolute Gasteiger partial charge is 0.392 e. The number of carbonyl (C=O) groups excluding carboxylic acids is 1. The summed E-state index contributed by atoms with van der Waals surface area (Å²) in [5, 5.41) is 13.1. The fourth-order valence-corrected chi connectivity index (χ4v) is 2.56. The molecule has 1 aromatic carbocycles. The maximum atomic E-state index is 11.9. The molecular formula is C12H13Cl3N2O2. The molecule has 104 valence electrons. The van der Waals surface area contributed by atoms with Crippen molar-refractivity contribution in [3.05, 3.63) is 27.2 Å². The minimum atomic E-state index is -0.346. The van der Waals surface area contributed by atoms with E-state index in [1.807, 2.05) is 4.90 Å². The van der Waals surface area contributed by atoms with Crippen LogP contribution in [0.1, 0.15) is 6.42 Å². The Morgan fingerprint density at radius 1 is 1.32 bits per heavy atom. The first-order chi connectivity index (χ1) is 8.95. The zero-order valence-electron chi connectivity index (χ0n) is 10.00. The third kappa shape index (κ3) is 3.97. The molecule has 1 aromatic rings. The van der Waals surface area contributed by atoms with Crippen LogP contribution in [-0.2, 0) is 4.79 Å². The zero-order chi connectivity index (χ0) is 14.0. The van der Waals surface area contributed by atoms with Gasteiger partial charge in [0.15, 0.2) is 0 Å². The SMILES string of the molecule is O=C(CN1CCC(O)C1)Nc1cc(Cl)c(Cl)cc1Cl. The maximum absolute atomic E-state index is 11.9.